The molecule has 2 rings (SSSR count). The topological polar surface area (TPSA) is 26.8 Å². The molecule has 0 aliphatic carbocycles. The zero-order valence-corrected chi connectivity index (χ0v) is 14.0. The van der Waals surface area contributed by atoms with E-state index in [0.29, 0.717) is 6.54 Å². The molecule has 0 radical (unpaired) electrons. The number of amides is 1. The van der Waals surface area contributed by atoms with E-state index in [1.807, 2.05) is 4.90 Å². The molecule has 0 aromatic heterocycles. The number of piperazine rings is 1. The van der Waals surface area contributed by atoms with Crippen molar-refractivity contribution in [3.05, 3.63) is 30.3 Å². The zero-order valence-electron chi connectivity index (χ0n) is 14.0. The Balaban J connectivity index is 1.80. The second-order valence-corrected chi connectivity index (χ2v) is 5.98. The molecule has 1 saturated heterocycles. The van der Waals surface area contributed by atoms with Gasteiger partial charge >= 0.3 is 0 Å². The third-order valence-electron chi connectivity index (χ3n) is 4.19. The average molecular weight is 303 g/mol. The van der Waals surface area contributed by atoms with Crippen LogP contribution in [-0.2, 0) is 4.79 Å². The van der Waals surface area contributed by atoms with E-state index in [1.165, 1.54) is 5.69 Å². The summed E-state index contributed by atoms with van der Waals surface area (Å²) in [7, 11) is 0. The summed E-state index contributed by atoms with van der Waals surface area (Å²) in [4.78, 5) is 19.1. The van der Waals surface area contributed by atoms with Crippen molar-refractivity contribution < 1.29 is 4.79 Å². The van der Waals surface area contributed by atoms with Gasteiger partial charge in [0, 0.05) is 45.0 Å². The fourth-order valence-electron chi connectivity index (χ4n) is 3.00. The van der Waals surface area contributed by atoms with E-state index >= 15 is 0 Å². The molecule has 0 spiro atoms. The summed E-state index contributed by atoms with van der Waals surface area (Å²) in [6, 6.07) is 10.5. The number of benzene rings is 1. The van der Waals surface area contributed by atoms with Gasteiger partial charge in [0.05, 0.1) is 6.54 Å². The Morgan fingerprint density at radius 3 is 2.14 bits per heavy atom. The number of carbonyl (C=O) groups is 1. The van der Waals surface area contributed by atoms with E-state index in [0.717, 1.165) is 52.1 Å². The maximum atomic E-state index is 12.4. The molecule has 4 nitrogen and oxygen atoms in total. The van der Waals surface area contributed by atoms with Crippen LogP contribution in [0.25, 0.3) is 0 Å². The number of para-hydroxylation sites is 1. The minimum atomic E-state index is 0.289. The van der Waals surface area contributed by atoms with Crippen molar-refractivity contribution in [1.82, 2.24) is 9.80 Å². The van der Waals surface area contributed by atoms with Crippen LogP contribution in [0.1, 0.15) is 26.7 Å². The van der Waals surface area contributed by atoms with Crippen LogP contribution < -0.4 is 4.90 Å². The molecule has 1 aromatic rings. The van der Waals surface area contributed by atoms with Gasteiger partial charge < -0.3 is 9.80 Å². The zero-order chi connectivity index (χ0) is 15.8. The highest BCUT2D eigenvalue weighted by Gasteiger charge is 2.21. The van der Waals surface area contributed by atoms with Gasteiger partial charge in [0.15, 0.2) is 0 Å². The molecule has 1 aromatic carbocycles. The van der Waals surface area contributed by atoms with Crippen molar-refractivity contribution in [2.24, 2.45) is 0 Å². The summed E-state index contributed by atoms with van der Waals surface area (Å²) in [5.74, 6) is 0.289. The van der Waals surface area contributed by atoms with E-state index in [1.54, 1.807) is 0 Å². The number of rotatable bonds is 7. The van der Waals surface area contributed by atoms with Crippen LogP contribution >= 0.6 is 0 Å². The first-order chi connectivity index (χ1) is 10.7. The summed E-state index contributed by atoms with van der Waals surface area (Å²) in [6.45, 7) is 10.5. The summed E-state index contributed by atoms with van der Waals surface area (Å²) in [6.07, 6.45) is 2.07. The normalized spacial score (nSPS) is 15.8. The van der Waals surface area contributed by atoms with Crippen molar-refractivity contribution in [1.29, 1.82) is 0 Å². The minimum absolute atomic E-state index is 0.289. The monoisotopic (exact) mass is 303 g/mol. The predicted molar refractivity (Wildman–Crippen MR) is 92.3 cm³/mol. The Morgan fingerprint density at radius 2 is 1.59 bits per heavy atom. The third kappa shape index (κ3) is 4.73. The number of anilines is 1. The fraction of sp³-hybridized carbons (Fsp3) is 0.611. The molecule has 1 aliphatic heterocycles. The Morgan fingerprint density at radius 1 is 1.00 bits per heavy atom. The lowest BCUT2D eigenvalue weighted by molar-refractivity contribution is -0.132. The first kappa shape index (κ1) is 16.8. The number of nitrogens with zero attached hydrogens (tertiary/aromatic N) is 3. The van der Waals surface area contributed by atoms with E-state index in [2.05, 4.69) is 54.0 Å². The Kier molecular flexibility index (Phi) is 6.72. The highest BCUT2D eigenvalue weighted by molar-refractivity contribution is 5.78. The van der Waals surface area contributed by atoms with Gasteiger partial charge in [-0.25, -0.2) is 0 Å². The molecule has 1 fully saturated rings. The lowest BCUT2D eigenvalue weighted by atomic mass is 10.2. The second kappa shape index (κ2) is 8.79. The van der Waals surface area contributed by atoms with Crippen LogP contribution in [0.4, 0.5) is 5.69 Å². The van der Waals surface area contributed by atoms with Crippen molar-refractivity contribution in [3.8, 4) is 0 Å². The number of hydrogen-bond acceptors (Lipinski definition) is 3. The summed E-state index contributed by atoms with van der Waals surface area (Å²) < 4.78 is 0. The number of carbonyl (C=O) groups excluding carboxylic acids is 1. The molecular weight excluding hydrogens is 274 g/mol. The molecule has 0 saturated carbocycles. The molecule has 0 bridgehead atoms. The van der Waals surface area contributed by atoms with Crippen LogP contribution in [0.15, 0.2) is 30.3 Å². The van der Waals surface area contributed by atoms with Gasteiger partial charge in [-0.05, 0) is 25.0 Å². The Bertz CT molecular complexity index is 435. The highest BCUT2D eigenvalue weighted by Crippen LogP contribution is 2.15. The molecular formula is C18H29N3O. The fourth-order valence-corrected chi connectivity index (χ4v) is 3.00. The standard InChI is InChI=1S/C18H29N3O/c1-3-10-21(11-4-2)18(22)16-19-12-14-20(15-13-19)17-8-6-5-7-9-17/h5-9H,3-4,10-16H2,1-2H3. The van der Waals surface area contributed by atoms with Gasteiger partial charge in [-0.3, -0.25) is 9.69 Å². The molecule has 122 valence electrons. The van der Waals surface area contributed by atoms with E-state index in [-0.39, 0.29) is 5.91 Å². The van der Waals surface area contributed by atoms with Crippen molar-refractivity contribution in [2.75, 3.05) is 50.7 Å². The summed E-state index contributed by atoms with van der Waals surface area (Å²) >= 11 is 0. The van der Waals surface area contributed by atoms with Crippen LogP contribution in [-0.4, -0.2) is 61.5 Å². The molecule has 0 unspecified atom stereocenters. The van der Waals surface area contributed by atoms with Crippen molar-refractivity contribution in [3.63, 3.8) is 0 Å². The number of hydrogen-bond donors (Lipinski definition) is 0. The molecule has 22 heavy (non-hydrogen) atoms. The van der Waals surface area contributed by atoms with Gasteiger partial charge in [0.25, 0.3) is 0 Å². The molecule has 1 heterocycles. The van der Waals surface area contributed by atoms with Gasteiger partial charge in [0.2, 0.25) is 5.91 Å². The van der Waals surface area contributed by atoms with Gasteiger partial charge in [-0.2, -0.15) is 0 Å². The first-order valence-corrected chi connectivity index (χ1v) is 8.54. The first-order valence-electron chi connectivity index (χ1n) is 8.54. The average Bonchev–Trinajstić information content (AvgIpc) is 2.56. The maximum absolute atomic E-state index is 12.4. The summed E-state index contributed by atoms with van der Waals surface area (Å²) in [5, 5.41) is 0. The molecule has 0 N–H and O–H groups in total. The lowest BCUT2D eigenvalue weighted by Gasteiger charge is -2.36. The second-order valence-electron chi connectivity index (χ2n) is 5.98. The lowest BCUT2D eigenvalue weighted by Crippen LogP contribution is -2.50. The maximum Gasteiger partial charge on any atom is 0.236 e. The van der Waals surface area contributed by atoms with Crippen LogP contribution in [0.2, 0.25) is 0 Å². The Labute approximate surface area is 134 Å². The van der Waals surface area contributed by atoms with Crippen molar-refractivity contribution in [2.45, 2.75) is 26.7 Å². The Hall–Kier alpha value is -1.55. The van der Waals surface area contributed by atoms with E-state index in [4.69, 9.17) is 0 Å². The third-order valence-corrected chi connectivity index (χ3v) is 4.19. The van der Waals surface area contributed by atoms with Crippen LogP contribution in [0.3, 0.4) is 0 Å². The van der Waals surface area contributed by atoms with E-state index in [9.17, 15) is 4.79 Å². The van der Waals surface area contributed by atoms with Crippen LogP contribution in [0.5, 0.6) is 0 Å². The largest absolute Gasteiger partial charge is 0.369 e. The highest BCUT2D eigenvalue weighted by atomic mass is 16.2. The van der Waals surface area contributed by atoms with Crippen LogP contribution in [0, 0.1) is 0 Å². The minimum Gasteiger partial charge on any atom is -0.369 e. The molecule has 1 amide bonds. The summed E-state index contributed by atoms with van der Waals surface area (Å²) in [5.41, 5.74) is 1.28. The smallest absolute Gasteiger partial charge is 0.236 e. The van der Waals surface area contributed by atoms with Crippen molar-refractivity contribution >= 4 is 11.6 Å². The predicted octanol–water partition coefficient (Wildman–Crippen LogP) is 2.46. The SMILES string of the molecule is CCCN(CCC)C(=O)CN1CCN(c2ccccc2)CC1. The van der Waals surface area contributed by atoms with Gasteiger partial charge in [-0.15, -0.1) is 0 Å². The van der Waals surface area contributed by atoms with E-state index < -0.39 is 0 Å². The molecule has 4 heteroatoms. The van der Waals surface area contributed by atoms with Gasteiger partial charge in [0.1, 0.15) is 0 Å². The van der Waals surface area contributed by atoms with Gasteiger partial charge in [-0.1, -0.05) is 32.0 Å². The molecule has 1 aliphatic rings. The quantitative estimate of drug-likeness (QED) is 0.774. The molecule has 0 atom stereocenters.